The van der Waals surface area contributed by atoms with E-state index in [0.717, 1.165) is 11.8 Å². The summed E-state index contributed by atoms with van der Waals surface area (Å²) in [5, 5.41) is 0. The van der Waals surface area contributed by atoms with Crippen LogP contribution in [-0.2, 0) is 4.74 Å². The molecule has 0 aromatic rings. The lowest BCUT2D eigenvalue weighted by molar-refractivity contribution is 0.0958. The van der Waals surface area contributed by atoms with Gasteiger partial charge in [0, 0.05) is 13.0 Å². The zero-order chi connectivity index (χ0) is 11.0. The highest BCUT2D eigenvalue weighted by Gasteiger charge is 2.63. The third-order valence-electron chi connectivity index (χ3n) is 4.53. The van der Waals surface area contributed by atoms with Gasteiger partial charge in [0.15, 0.2) is 0 Å². The van der Waals surface area contributed by atoms with Gasteiger partial charge in [0.2, 0.25) is 0 Å². The molecule has 3 aliphatic rings. The Labute approximate surface area is 97.9 Å². The van der Waals surface area contributed by atoms with Crippen LogP contribution in [0.2, 0.25) is 0 Å². The molecule has 1 unspecified atom stereocenters. The van der Waals surface area contributed by atoms with E-state index in [-0.39, 0.29) is 5.60 Å². The third-order valence-corrected chi connectivity index (χ3v) is 4.53. The fourth-order valence-electron chi connectivity index (χ4n) is 3.57. The minimum absolute atomic E-state index is 0.0980. The highest BCUT2D eigenvalue weighted by molar-refractivity contribution is 5.29. The molecular formula is C15H20O. The fourth-order valence-corrected chi connectivity index (χ4v) is 3.57. The van der Waals surface area contributed by atoms with Crippen molar-refractivity contribution in [1.29, 1.82) is 0 Å². The van der Waals surface area contributed by atoms with Crippen molar-refractivity contribution in [2.75, 3.05) is 7.11 Å². The number of fused-ring (bicyclic) bond motifs is 1. The molecule has 0 bridgehead atoms. The summed E-state index contributed by atoms with van der Waals surface area (Å²) < 4.78 is 5.82. The van der Waals surface area contributed by atoms with Crippen molar-refractivity contribution in [3.8, 4) is 0 Å². The number of hydrogen-bond acceptors (Lipinski definition) is 1. The Morgan fingerprint density at radius 1 is 1.12 bits per heavy atom. The van der Waals surface area contributed by atoms with Crippen molar-refractivity contribution < 1.29 is 4.74 Å². The van der Waals surface area contributed by atoms with E-state index in [4.69, 9.17) is 4.74 Å². The number of ether oxygens (including phenoxy) is 1. The highest BCUT2D eigenvalue weighted by atomic mass is 16.5. The van der Waals surface area contributed by atoms with Crippen LogP contribution in [0.5, 0.6) is 0 Å². The molecule has 0 aliphatic heterocycles. The molecule has 2 fully saturated rings. The summed E-state index contributed by atoms with van der Waals surface area (Å²) in [5.74, 6) is 2.10. The van der Waals surface area contributed by atoms with Crippen LogP contribution in [0.1, 0.15) is 25.7 Å². The molecule has 16 heavy (non-hydrogen) atoms. The molecule has 3 aliphatic carbocycles. The molecule has 0 N–H and O–H groups in total. The summed E-state index contributed by atoms with van der Waals surface area (Å²) in [6.45, 7) is 0. The molecule has 3 rings (SSSR count). The van der Waals surface area contributed by atoms with E-state index >= 15 is 0 Å². The lowest BCUT2D eigenvalue weighted by atomic mass is 10.0. The molecule has 0 amide bonds. The zero-order valence-electron chi connectivity index (χ0n) is 9.93. The Balaban J connectivity index is 1.72. The Hall–Kier alpha value is -0.820. The van der Waals surface area contributed by atoms with Crippen LogP contribution >= 0.6 is 0 Å². The smallest absolute Gasteiger partial charge is 0.0922 e. The van der Waals surface area contributed by atoms with E-state index < -0.39 is 0 Å². The van der Waals surface area contributed by atoms with Crippen LogP contribution in [-0.4, -0.2) is 12.7 Å². The minimum Gasteiger partial charge on any atom is -0.374 e. The molecule has 0 aromatic heterocycles. The van der Waals surface area contributed by atoms with Gasteiger partial charge in [-0.15, -0.1) is 0 Å². The summed E-state index contributed by atoms with van der Waals surface area (Å²) >= 11 is 0. The number of methoxy groups -OCH3 is 1. The van der Waals surface area contributed by atoms with E-state index in [2.05, 4.69) is 36.5 Å². The SMILES string of the molecule is COC1(/C=C/C2C=CC=C2)[C@@H]2CCCC[C@@H]21. The van der Waals surface area contributed by atoms with Crippen molar-refractivity contribution in [2.24, 2.45) is 17.8 Å². The lowest BCUT2D eigenvalue weighted by Gasteiger charge is -2.11. The first-order valence-corrected chi connectivity index (χ1v) is 6.46. The van der Waals surface area contributed by atoms with Gasteiger partial charge in [-0.3, -0.25) is 0 Å². The van der Waals surface area contributed by atoms with Gasteiger partial charge in [-0.2, -0.15) is 0 Å². The van der Waals surface area contributed by atoms with Crippen LogP contribution < -0.4 is 0 Å². The van der Waals surface area contributed by atoms with Crippen molar-refractivity contribution in [2.45, 2.75) is 31.3 Å². The summed E-state index contributed by atoms with van der Waals surface area (Å²) in [4.78, 5) is 0. The largest absolute Gasteiger partial charge is 0.374 e. The second kappa shape index (κ2) is 3.89. The van der Waals surface area contributed by atoms with Gasteiger partial charge in [0.1, 0.15) is 0 Å². The zero-order valence-corrected chi connectivity index (χ0v) is 9.93. The van der Waals surface area contributed by atoms with E-state index in [0.29, 0.717) is 5.92 Å². The Morgan fingerprint density at radius 3 is 2.31 bits per heavy atom. The summed E-state index contributed by atoms with van der Waals surface area (Å²) in [7, 11) is 1.88. The normalized spacial score (nSPS) is 41.8. The van der Waals surface area contributed by atoms with E-state index in [1.165, 1.54) is 25.7 Å². The predicted molar refractivity (Wildman–Crippen MR) is 66.1 cm³/mol. The molecule has 0 saturated heterocycles. The van der Waals surface area contributed by atoms with Gasteiger partial charge in [-0.05, 0) is 24.7 Å². The van der Waals surface area contributed by atoms with Crippen LogP contribution in [0.4, 0.5) is 0 Å². The van der Waals surface area contributed by atoms with E-state index in [1.54, 1.807) is 0 Å². The molecule has 3 atom stereocenters. The molecule has 0 aromatic carbocycles. The Kier molecular flexibility index (Phi) is 2.51. The quantitative estimate of drug-likeness (QED) is 0.656. The number of allylic oxidation sites excluding steroid dienone is 5. The fraction of sp³-hybridized carbons (Fsp3) is 0.600. The summed E-state index contributed by atoms with van der Waals surface area (Å²) in [6, 6.07) is 0. The lowest BCUT2D eigenvalue weighted by Crippen LogP contribution is -2.13. The van der Waals surface area contributed by atoms with Crippen molar-refractivity contribution in [3.05, 3.63) is 36.5 Å². The van der Waals surface area contributed by atoms with Crippen LogP contribution in [0.3, 0.4) is 0 Å². The molecule has 0 spiro atoms. The first-order chi connectivity index (χ1) is 7.87. The standard InChI is InChI=1S/C15H20O/c1-16-15(11-10-12-6-2-3-7-12)13-8-4-5-9-14(13)15/h2-3,6-7,10-14H,4-5,8-9H2,1H3/b11-10+/t13-,14+,15?. The van der Waals surface area contributed by atoms with Gasteiger partial charge < -0.3 is 4.74 Å². The highest BCUT2D eigenvalue weighted by Crippen LogP contribution is 2.61. The molecule has 0 heterocycles. The maximum Gasteiger partial charge on any atom is 0.0922 e. The van der Waals surface area contributed by atoms with Gasteiger partial charge in [-0.1, -0.05) is 49.3 Å². The minimum atomic E-state index is 0.0980. The second-order valence-electron chi connectivity index (χ2n) is 5.26. The van der Waals surface area contributed by atoms with Gasteiger partial charge in [0.05, 0.1) is 5.60 Å². The Bertz CT molecular complexity index is 326. The van der Waals surface area contributed by atoms with Crippen LogP contribution in [0, 0.1) is 17.8 Å². The molecule has 86 valence electrons. The topological polar surface area (TPSA) is 9.23 Å². The first kappa shape index (κ1) is 10.3. The molecule has 2 saturated carbocycles. The van der Waals surface area contributed by atoms with Crippen molar-refractivity contribution in [3.63, 3.8) is 0 Å². The third kappa shape index (κ3) is 1.49. The number of hydrogen-bond donors (Lipinski definition) is 0. The Morgan fingerprint density at radius 2 is 1.75 bits per heavy atom. The summed E-state index contributed by atoms with van der Waals surface area (Å²) in [5.41, 5.74) is 0.0980. The van der Waals surface area contributed by atoms with Crippen LogP contribution in [0.25, 0.3) is 0 Å². The maximum atomic E-state index is 5.82. The second-order valence-corrected chi connectivity index (χ2v) is 5.26. The number of rotatable bonds is 3. The average Bonchev–Trinajstić information content (AvgIpc) is 2.72. The van der Waals surface area contributed by atoms with E-state index in [1.807, 2.05) is 7.11 Å². The van der Waals surface area contributed by atoms with Gasteiger partial charge >= 0.3 is 0 Å². The van der Waals surface area contributed by atoms with Crippen LogP contribution in [0.15, 0.2) is 36.5 Å². The first-order valence-electron chi connectivity index (χ1n) is 6.46. The molecule has 1 nitrogen and oxygen atoms in total. The van der Waals surface area contributed by atoms with Gasteiger partial charge in [0.25, 0.3) is 0 Å². The molecular weight excluding hydrogens is 196 g/mol. The monoisotopic (exact) mass is 216 g/mol. The van der Waals surface area contributed by atoms with Crippen molar-refractivity contribution >= 4 is 0 Å². The predicted octanol–water partition coefficient (Wildman–Crippen LogP) is 3.49. The van der Waals surface area contributed by atoms with Crippen molar-refractivity contribution in [1.82, 2.24) is 0 Å². The van der Waals surface area contributed by atoms with E-state index in [9.17, 15) is 0 Å². The molecule has 1 heteroatoms. The molecule has 0 radical (unpaired) electrons. The summed E-state index contributed by atoms with van der Waals surface area (Å²) in [6.07, 6.45) is 18.9. The van der Waals surface area contributed by atoms with Gasteiger partial charge in [-0.25, -0.2) is 0 Å². The maximum absolute atomic E-state index is 5.82. The average molecular weight is 216 g/mol.